The van der Waals surface area contributed by atoms with Gasteiger partial charge in [0.15, 0.2) is 0 Å². The summed E-state index contributed by atoms with van der Waals surface area (Å²) in [4.78, 5) is 13.4. The van der Waals surface area contributed by atoms with Gasteiger partial charge < -0.3 is 10.0 Å². The summed E-state index contributed by atoms with van der Waals surface area (Å²) >= 11 is 0. The van der Waals surface area contributed by atoms with Crippen LogP contribution in [-0.4, -0.2) is 17.1 Å². The SMILES string of the molecule is Cc1cc(F)ccc1CN1c2ccccc2CC1C(=O)O. The predicted molar refractivity (Wildman–Crippen MR) is 78.9 cm³/mol. The predicted octanol–water partition coefficient (Wildman–Crippen LogP) is 3.15. The average molecular weight is 285 g/mol. The topological polar surface area (TPSA) is 40.5 Å². The van der Waals surface area contributed by atoms with Crippen molar-refractivity contribution >= 4 is 11.7 Å². The van der Waals surface area contributed by atoms with E-state index in [-0.39, 0.29) is 5.82 Å². The quantitative estimate of drug-likeness (QED) is 0.941. The standard InChI is InChI=1S/C17H16FNO2/c1-11-8-14(18)7-6-13(11)10-19-15-5-3-2-4-12(15)9-16(19)17(20)21/h2-8,16H,9-10H2,1H3,(H,20,21). The fourth-order valence-corrected chi connectivity index (χ4v) is 2.89. The monoisotopic (exact) mass is 285 g/mol. The van der Waals surface area contributed by atoms with Crippen molar-refractivity contribution in [1.82, 2.24) is 0 Å². The number of nitrogens with zero attached hydrogens (tertiary/aromatic N) is 1. The van der Waals surface area contributed by atoms with E-state index in [4.69, 9.17) is 0 Å². The highest BCUT2D eigenvalue weighted by Crippen LogP contribution is 2.33. The summed E-state index contributed by atoms with van der Waals surface area (Å²) in [5, 5.41) is 9.45. The van der Waals surface area contributed by atoms with E-state index in [0.29, 0.717) is 13.0 Å². The van der Waals surface area contributed by atoms with E-state index in [1.54, 1.807) is 6.07 Å². The van der Waals surface area contributed by atoms with Gasteiger partial charge in [0.05, 0.1) is 0 Å². The number of aryl methyl sites for hydroxylation is 1. The van der Waals surface area contributed by atoms with Crippen molar-refractivity contribution in [2.24, 2.45) is 0 Å². The highest BCUT2D eigenvalue weighted by molar-refractivity contribution is 5.82. The highest BCUT2D eigenvalue weighted by Gasteiger charge is 2.34. The van der Waals surface area contributed by atoms with Crippen molar-refractivity contribution in [3.05, 3.63) is 65.0 Å². The first-order valence-electron chi connectivity index (χ1n) is 6.88. The van der Waals surface area contributed by atoms with E-state index in [2.05, 4.69) is 0 Å². The maximum atomic E-state index is 13.2. The van der Waals surface area contributed by atoms with E-state index < -0.39 is 12.0 Å². The van der Waals surface area contributed by atoms with Gasteiger partial charge in [0.1, 0.15) is 11.9 Å². The number of fused-ring (bicyclic) bond motifs is 1. The Hall–Kier alpha value is -2.36. The molecule has 21 heavy (non-hydrogen) atoms. The van der Waals surface area contributed by atoms with Gasteiger partial charge in [-0.2, -0.15) is 0 Å². The summed E-state index contributed by atoms with van der Waals surface area (Å²) in [7, 11) is 0. The number of carbonyl (C=O) groups is 1. The average Bonchev–Trinajstić information content (AvgIpc) is 2.81. The molecule has 2 aromatic rings. The van der Waals surface area contributed by atoms with Crippen LogP contribution in [0.5, 0.6) is 0 Å². The van der Waals surface area contributed by atoms with Crippen molar-refractivity contribution in [2.75, 3.05) is 4.90 Å². The number of hydrogen-bond acceptors (Lipinski definition) is 2. The van der Waals surface area contributed by atoms with Gasteiger partial charge in [0.25, 0.3) is 0 Å². The van der Waals surface area contributed by atoms with E-state index in [1.165, 1.54) is 12.1 Å². The molecule has 0 aliphatic carbocycles. The molecule has 0 fully saturated rings. The number of benzene rings is 2. The van der Waals surface area contributed by atoms with Crippen molar-refractivity contribution < 1.29 is 14.3 Å². The second-order valence-electron chi connectivity index (χ2n) is 5.39. The number of halogens is 1. The van der Waals surface area contributed by atoms with Gasteiger partial charge in [-0.3, -0.25) is 0 Å². The highest BCUT2D eigenvalue weighted by atomic mass is 19.1. The van der Waals surface area contributed by atoms with E-state index in [0.717, 1.165) is 22.4 Å². The molecule has 2 aromatic carbocycles. The largest absolute Gasteiger partial charge is 0.480 e. The van der Waals surface area contributed by atoms with Gasteiger partial charge in [0, 0.05) is 18.7 Å². The first kappa shape index (κ1) is 13.6. The molecular weight excluding hydrogens is 269 g/mol. The Bertz CT molecular complexity index is 699. The first-order chi connectivity index (χ1) is 10.1. The maximum Gasteiger partial charge on any atom is 0.326 e. The lowest BCUT2D eigenvalue weighted by Gasteiger charge is -2.25. The lowest BCUT2D eigenvalue weighted by Crippen LogP contribution is -2.38. The third-order valence-corrected chi connectivity index (χ3v) is 4.02. The van der Waals surface area contributed by atoms with Crippen LogP contribution in [0.4, 0.5) is 10.1 Å². The molecule has 1 aliphatic rings. The van der Waals surface area contributed by atoms with Gasteiger partial charge in [-0.15, -0.1) is 0 Å². The zero-order valence-electron chi connectivity index (χ0n) is 11.7. The van der Waals surface area contributed by atoms with E-state index in [9.17, 15) is 14.3 Å². The molecule has 3 nitrogen and oxygen atoms in total. The van der Waals surface area contributed by atoms with Gasteiger partial charge in [-0.1, -0.05) is 24.3 Å². The van der Waals surface area contributed by atoms with Crippen LogP contribution in [0.25, 0.3) is 0 Å². The summed E-state index contributed by atoms with van der Waals surface area (Å²) in [5.41, 5.74) is 3.78. The second-order valence-corrected chi connectivity index (χ2v) is 5.39. The van der Waals surface area contributed by atoms with Crippen LogP contribution < -0.4 is 4.90 Å². The molecule has 1 unspecified atom stereocenters. The molecular formula is C17H16FNO2. The van der Waals surface area contributed by atoms with Crippen molar-refractivity contribution in [1.29, 1.82) is 0 Å². The third-order valence-electron chi connectivity index (χ3n) is 4.02. The molecule has 0 aromatic heterocycles. The number of carboxylic acids is 1. The Balaban J connectivity index is 1.96. The molecule has 108 valence electrons. The molecule has 3 rings (SSSR count). The molecule has 0 bridgehead atoms. The number of aliphatic carboxylic acids is 1. The van der Waals surface area contributed by atoms with Crippen LogP contribution in [0.15, 0.2) is 42.5 Å². The molecule has 0 saturated heterocycles. The normalized spacial score (nSPS) is 16.9. The molecule has 1 aliphatic heterocycles. The molecule has 1 heterocycles. The molecule has 0 saturated carbocycles. The minimum absolute atomic E-state index is 0.271. The number of rotatable bonds is 3. The summed E-state index contributed by atoms with van der Waals surface area (Å²) < 4.78 is 13.2. The number of carboxylic acid groups (broad SMARTS) is 1. The van der Waals surface area contributed by atoms with Gasteiger partial charge in [0.2, 0.25) is 0 Å². The molecule has 0 radical (unpaired) electrons. The van der Waals surface area contributed by atoms with Gasteiger partial charge >= 0.3 is 5.97 Å². The Morgan fingerprint density at radius 3 is 2.81 bits per heavy atom. The Morgan fingerprint density at radius 1 is 1.33 bits per heavy atom. The molecule has 0 spiro atoms. The lowest BCUT2D eigenvalue weighted by atomic mass is 10.1. The minimum Gasteiger partial charge on any atom is -0.480 e. The Morgan fingerprint density at radius 2 is 2.10 bits per heavy atom. The Kier molecular flexibility index (Phi) is 3.37. The van der Waals surface area contributed by atoms with Crippen LogP contribution in [0.1, 0.15) is 16.7 Å². The summed E-state index contributed by atoms with van der Waals surface area (Å²) in [5.74, 6) is -1.10. The minimum atomic E-state index is -0.828. The third kappa shape index (κ3) is 2.49. The van der Waals surface area contributed by atoms with Crippen molar-refractivity contribution in [3.8, 4) is 0 Å². The van der Waals surface area contributed by atoms with Crippen molar-refractivity contribution in [2.45, 2.75) is 25.9 Å². The zero-order valence-corrected chi connectivity index (χ0v) is 11.7. The maximum absolute atomic E-state index is 13.2. The first-order valence-corrected chi connectivity index (χ1v) is 6.88. The Labute approximate surface area is 122 Å². The van der Waals surface area contributed by atoms with Crippen LogP contribution >= 0.6 is 0 Å². The van der Waals surface area contributed by atoms with E-state index >= 15 is 0 Å². The second kappa shape index (κ2) is 5.20. The van der Waals surface area contributed by atoms with Crippen LogP contribution in [-0.2, 0) is 17.8 Å². The fourth-order valence-electron chi connectivity index (χ4n) is 2.89. The van der Waals surface area contributed by atoms with Crippen LogP contribution in [0, 0.1) is 12.7 Å². The van der Waals surface area contributed by atoms with Gasteiger partial charge in [-0.25, -0.2) is 9.18 Å². The van der Waals surface area contributed by atoms with E-state index in [1.807, 2.05) is 36.1 Å². The molecule has 1 N–H and O–H groups in total. The molecule has 4 heteroatoms. The smallest absolute Gasteiger partial charge is 0.326 e. The zero-order chi connectivity index (χ0) is 15.0. The fraction of sp³-hybridized carbons (Fsp3) is 0.235. The van der Waals surface area contributed by atoms with Gasteiger partial charge in [-0.05, 0) is 41.8 Å². The number of hydrogen-bond donors (Lipinski definition) is 1. The number of anilines is 1. The summed E-state index contributed by atoms with van der Waals surface area (Å²) in [6.45, 7) is 2.32. The summed E-state index contributed by atoms with van der Waals surface area (Å²) in [6.07, 6.45) is 0.506. The lowest BCUT2D eigenvalue weighted by molar-refractivity contribution is -0.138. The van der Waals surface area contributed by atoms with Crippen molar-refractivity contribution in [3.63, 3.8) is 0 Å². The van der Waals surface area contributed by atoms with Crippen LogP contribution in [0.3, 0.4) is 0 Å². The van der Waals surface area contributed by atoms with Crippen LogP contribution in [0.2, 0.25) is 0 Å². The number of para-hydroxylation sites is 1. The molecule has 1 atom stereocenters. The summed E-state index contributed by atoms with van der Waals surface area (Å²) in [6, 6.07) is 11.8. The molecule has 0 amide bonds.